The van der Waals surface area contributed by atoms with E-state index in [0.29, 0.717) is 18.7 Å². The van der Waals surface area contributed by atoms with Crippen LogP contribution in [-0.4, -0.2) is 31.0 Å². The molecule has 0 aliphatic rings. The van der Waals surface area contributed by atoms with Crippen molar-refractivity contribution in [2.45, 2.75) is 70.9 Å². The summed E-state index contributed by atoms with van der Waals surface area (Å²) in [5.41, 5.74) is 2.91. The summed E-state index contributed by atoms with van der Waals surface area (Å²) >= 11 is 0. The van der Waals surface area contributed by atoms with Gasteiger partial charge in [0.15, 0.2) is 0 Å². The molecule has 0 radical (unpaired) electrons. The lowest BCUT2D eigenvalue weighted by atomic mass is 9.87. The largest absolute Gasteiger partial charge is 0.478 e. The second-order valence-corrected chi connectivity index (χ2v) is 11.7. The van der Waals surface area contributed by atoms with Crippen LogP contribution in [0.25, 0.3) is 0 Å². The number of aliphatic carboxylic acids is 1. The van der Waals surface area contributed by atoms with Crippen LogP contribution in [0.1, 0.15) is 62.2 Å². The molecule has 3 aromatic carbocycles. The van der Waals surface area contributed by atoms with Gasteiger partial charge in [0.2, 0.25) is 5.60 Å². The average molecular weight is 542 g/mol. The van der Waals surface area contributed by atoms with Gasteiger partial charge in [-0.2, -0.15) is 5.10 Å². The molecule has 0 aliphatic heterocycles. The van der Waals surface area contributed by atoms with Gasteiger partial charge in [0.25, 0.3) is 0 Å². The summed E-state index contributed by atoms with van der Waals surface area (Å²) < 4.78 is 9.10. The van der Waals surface area contributed by atoms with Crippen LogP contribution in [0.3, 0.4) is 0 Å². The maximum absolute atomic E-state index is 12.8. The average Bonchev–Trinajstić information content (AvgIpc) is 3.17. The summed E-state index contributed by atoms with van der Waals surface area (Å²) in [4.78, 5) is 24.8. The number of aryl methyl sites for hydroxylation is 2. The van der Waals surface area contributed by atoms with Crippen LogP contribution in [0, 0.1) is 0 Å². The number of hydrogen-bond donors (Lipinski definition) is 1. The van der Waals surface area contributed by atoms with E-state index in [1.807, 2.05) is 54.6 Å². The Balaban J connectivity index is 1.34. The smallest absolute Gasteiger partial charge is 0.348 e. The zero-order chi connectivity index (χ0) is 28.9. The molecule has 0 bridgehead atoms. The predicted octanol–water partition coefficient (Wildman–Crippen LogP) is 5.57. The van der Waals surface area contributed by atoms with Gasteiger partial charge in [-0.1, -0.05) is 87.5 Å². The summed E-state index contributed by atoms with van der Waals surface area (Å²) in [6.07, 6.45) is 2.56. The third-order valence-corrected chi connectivity index (χ3v) is 7.25. The number of benzene rings is 3. The van der Waals surface area contributed by atoms with Gasteiger partial charge in [-0.15, -0.1) is 0 Å². The number of carbonyl (C=O) groups is 1. The van der Waals surface area contributed by atoms with Crippen molar-refractivity contribution in [1.29, 1.82) is 0 Å². The topological polar surface area (TPSA) is 86.3 Å². The number of aromatic nitrogens is 3. The van der Waals surface area contributed by atoms with Gasteiger partial charge in [-0.25, -0.2) is 14.3 Å². The first-order valence-corrected chi connectivity index (χ1v) is 13.7. The molecule has 210 valence electrons. The van der Waals surface area contributed by atoms with E-state index >= 15 is 0 Å². The van der Waals surface area contributed by atoms with E-state index in [0.717, 1.165) is 35.4 Å². The fourth-order valence-electron chi connectivity index (χ4n) is 4.71. The Kier molecular flexibility index (Phi) is 8.62. The zero-order valence-electron chi connectivity index (χ0n) is 24.1. The molecule has 4 rings (SSSR count). The Morgan fingerprint density at radius 2 is 1.48 bits per heavy atom. The Morgan fingerprint density at radius 1 is 0.850 bits per heavy atom. The monoisotopic (exact) mass is 541 g/mol. The Labute approximate surface area is 236 Å². The maximum atomic E-state index is 12.8. The quantitative estimate of drug-likeness (QED) is 0.268. The standard InChI is InChI=1S/C33H39N3O4/c1-32(2,3)27-18-14-26(15-19-27)23-36-31(39)35(5)29(34-36)13-9-12-24-16-20-28(21-17-24)40-33(4,30(37)38)22-25-10-7-6-8-11-25/h6-8,10-11,14-21H,9,12-13,22-23H2,1-5H3,(H,37,38). The lowest BCUT2D eigenvalue weighted by molar-refractivity contribution is -0.153. The molecule has 0 spiro atoms. The van der Waals surface area contributed by atoms with Gasteiger partial charge >= 0.3 is 11.7 Å². The molecule has 0 saturated heterocycles. The summed E-state index contributed by atoms with van der Waals surface area (Å²) in [7, 11) is 1.77. The Morgan fingerprint density at radius 3 is 2.08 bits per heavy atom. The van der Waals surface area contributed by atoms with E-state index in [4.69, 9.17) is 4.74 Å². The fourth-order valence-corrected chi connectivity index (χ4v) is 4.71. The normalized spacial score (nSPS) is 13.1. The molecule has 0 amide bonds. The van der Waals surface area contributed by atoms with Crippen molar-refractivity contribution in [3.63, 3.8) is 0 Å². The van der Waals surface area contributed by atoms with Gasteiger partial charge in [-0.05, 0) is 59.6 Å². The highest BCUT2D eigenvalue weighted by Gasteiger charge is 2.36. The highest BCUT2D eigenvalue weighted by Crippen LogP contribution is 2.24. The minimum absolute atomic E-state index is 0.0856. The molecule has 1 atom stereocenters. The number of carboxylic acids is 1. The molecule has 0 fully saturated rings. The number of nitrogens with zero attached hydrogens (tertiary/aromatic N) is 3. The molecule has 1 heterocycles. The van der Waals surface area contributed by atoms with Crippen molar-refractivity contribution in [3.05, 3.63) is 117 Å². The highest BCUT2D eigenvalue weighted by atomic mass is 16.5. The summed E-state index contributed by atoms with van der Waals surface area (Å²) in [5.74, 6) is 0.267. The van der Waals surface area contributed by atoms with Crippen molar-refractivity contribution in [2.75, 3.05) is 0 Å². The zero-order valence-corrected chi connectivity index (χ0v) is 24.1. The lowest BCUT2D eigenvalue weighted by Crippen LogP contribution is -2.43. The van der Waals surface area contributed by atoms with Gasteiger partial charge in [0.1, 0.15) is 11.6 Å². The summed E-state index contributed by atoms with van der Waals surface area (Å²) in [5, 5.41) is 14.4. The van der Waals surface area contributed by atoms with Crippen LogP contribution >= 0.6 is 0 Å². The van der Waals surface area contributed by atoms with Crippen LogP contribution in [0.4, 0.5) is 0 Å². The van der Waals surface area contributed by atoms with Crippen LogP contribution in [0.2, 0.25) is 0 Å². The van der Waals surface area contributed by atoms with Crippen molar-refractivity contribution in [3.8, 4) is 5.75 Å². The van der Waals surface area contributed by atoms with Gasteiger partial charge in [0.05, 0.1) is 6.54 Å². The van der Waals surface area contributed by atoms with E-state index in [9.17, 15) is 14.7 Å². The first-order valence-electron chi connectivity index (χ1n) is 13.7. The predicted molar refractivity (Wildman–Crippen MR) is 157 cm³/mol. The minimum Gasteiger partial charge on any atom is -0.478 e. The molecule has 40 heavy (non-hydrogen) atoms. The third kappa shape index (κ3) is 7.08. The lowest BCUT2D eigenvalue weighted by Gasteiger charge is -2.26. The van der Waals surface area contributed by atoms with Gasteiger partial charge < -0.3 is 9.84 Å². The van der Waals surface area contributed by atoms with E-state index in [-0.39, 0.29) is 17.5 Å². The summed E-state index contributed by atoms with van der Waals surface area (Å²) in [6.45, 7) is 8.59. The molecular formula is C33H39N3O4. The van der Waals surface area contributed by atoms with Crippen LogP contribution in [-0.2, 0) is 43.1 Å². The molecule has 0 aliphatic carbocycles. The molecule has 1 unspecified atom stereocenters. The number of hydrogen-bond acceptors (Lipinski definition) is 4. The molecule has 7 nitrogen and oxygen atoms in total. The van der Waals surface area contributed by atoms with E-state index in [2.05, 4.69) is 50.1 Å². The molecule has 4 aromatic rings. The number of carboxylic acid groups (broad SMARTS) is 1. The highest BCUT2D eigenvalue weighted by molar-refractivity contribution is 5.78. The second kappa shape index (κ2) is 11.9. The van der Waals surface area contributed by atoms with Crippen molar-refractivity contribution >= 4 is 5.97 Å². The van der Waals surface area contributed by atoms with Crippen LogP contribution < -0.4 is 10.4 Å². The molecule has 0 saturated carbocycles. The van der Waals surface area contributed by atoms with Crippen molar-refractivity contribution in [1.82, 2.24) is 14.3 Å². The fraction of sp³-hybridized carbons (Fsp3) is 0.364. The summed E-state index contributed by atoms with van der Waals surface area (Å²) in [6, 6.07) is 25.4. The van der Waals surface area contributed by atoms with E-state index in [1.165, 1.54) is 10.2 Å². The first kappa shape index (κ1) is 28.9. The molecule has 1 N–H and O–H groups in total. The Hall–Kier alpha value is -4.13. The van der Waals surface area contributed by atoms with Gasteiger partial charge in [0, 0.05) is 19.9 Å². The van der Waals surface area contributed by atoms with Crippen molar-refractivity contribution in [2.24, 2.45) is 7.05 Å². The van der Waals surface area contributed by atoms with E-state index < -0.39 is 11.6 Å². The Bertz CT molecular complexity index is 1480. The third-order valence-electron chi connectivity index (χ3n) is 7.25. The van der Waals surface area contributed by atoms with Crippen molar-refractivity contribution < 1.29 is 14.6 Å². The van der Waals surface area contributed by atoms with Gasteiger partial charge in [-0.3, -0.25) is 4.57 Å². The second-order valence-electron chi connectivity index (χ2n) is 11.7. The molecule has 1 aromatic heterocycles. The number of ether oxygens (including phenoxy) is 1. The number of rotatable bonds is 11. The molecule has 7 heteroatoms. The van der Waals surface area contributed by atoms with Crippen LogP contribution in [0.5, 0.6) is 5.75 Å². The van der Waals surface area contributed by atoms with E-state index in [1.54, 1.807) is 18.5 Å². The van der Waals surface area contributed by atoms with Crippen LogP contribution in [0.15, 0.2) is 83.7 Å². The molecular weight excluding hydrogens is 502 g/mol. The maximum Gasteiger partial charge on any atom is 0.348 e. The SMILES string of the molecule is Cn1c(CCCc2ccc(OC(C)(Cc3ccccc3)C(=O)O)cc2)nn(Cc2ccc(C(C)(C)C)cc2)c1=O. The first-order chi connectivity index (χ1) is 18.9. The minimum atomic E-state index is -1.37.